The molecule has 1 aromatic carbocycles. The Hall–Kier alpha value is -4.22. The molecule has 4 N–H and O–H groups in total. The second kappa shape index (κ2) is 14.7. The van der Waals surface area contributed by atoms with Crippen LogP contribution in [-0.2, 0) is 36.8 Å². The maximum Gasteiger partial charge on any atom is 0.315 e. The summed E-state index contributed by atoms with van der Waals surface area (Å²) in [5.41, 5.74) is 1.70. The Balaban J connectivity index is 1.23. The monoisotopic (exact) mass is 716 g/mol. The van der Waals surface area contributed by atoms with E-state index in [2.05, 4.69) is 41.7 Å². The lowest BCUT2D eigenvalue weighted by Crippen LogP contribution is -2.62. The first-order valence-electron chi connectivity index (χ1n) is 19.1. The fraction of sp³-hybridized carbons (Fsp3) is 0.650. The van der Waals surface area contributed by atoms with Gasteiger partial charge in [-0.05, 0) is 84.2 Å². The van der Waals surface area contributed by atoms with E-state index in [9.17, 15) is 28.8 Å². The molecule has 2 saturated carbocycles. The van der Waals surface area contributed by atoms with Gasteiger partial charge in [-0.2, -0.15) is 0 Å². The fourth-order valence-electron chi connectivity index (χ4n) is 8.81. The number of nitrogens with zero attached hydrogens (tertiary/aromatic N) is 2. The number of fused-ring (bicyclic) bond motifs is 2. The summed E-state index contributed by atoms with van der Waals surface area (Å²) in [5.74, 6) is -2.56. The summed E-state index contributed by atoms with van der Waals surface area (Å²) < 4.78 is 0. The molecule has 282 valence electrons. The van der Waals surface area contributed by atoms with E-state index in [-0.39, 0.29) is 58.9 Å². The van der Waals surface area contributed by atoms with Crippen molar-refractivity contribution < 1.29 is 28.8 Å². The average Bonchev–Trinajstić information content (AvgIpc) is 3.89. The van der Waals surface area contributed by atoms with Crippen molar-refractivity contribution >= 4 is 35.4 Å². The summed E-state index contributed by atoms with van der Waals surface area (Å²) in [6, 6.07) is 4.44. The molecule has 0 radical (unpaired) electrons. The summed E-state index contributed by atoms with van der Waals surface area (Å²) in [6.07, 6.45) is 6.42. The van der Waals surface area contributed by atoms with E-state index in [1.807, 2.05) is 49.9 Å². The molecule has 1 aromatic rings. The van der Waals surface area contributed by atoms with Crippen molar-refractivity contribution in [1.82, 2.24) is 31.1 Å². The molecule has 6 amide bonds. The Morgan fingerprint density at radius 2 is 1.63 bits per heavy atom. The molecule has 3 aliphatic carbocycles. The van der Waals surface area contributed by atoms with Gasteiger partial charge in [0.2, 0.25) is 23.5 Å². The molecule has 0 bridgehead atoms. The van der Waals surface area contributed by atoms with Crippen LogP contribution >= 0.6 is 0 Å². The third-order valence-corrected chi connectivity index (χ3v) is 12.3. The lowest BCUT2D eigenvalue weighted by molar-refractivity contribution is -0.144. The molecule has 2 heterocycles. The maximum atomic E-state index is 14.9. The first-order valence-corrected chi connectivity index (χ1v) is 19.1. The highest BCUT2D eigenvalue weighted by Gasteiger charge is 2.70. The first kappa shape index (κ1) is 37.5. The largest absolute Gasteiger partial charge is 0.346 e. The highest BCUT2D eigenvalue weighted by Crippen LogP contribution is 2.65. The van der Waals surface area contributed by atoms with Crippen LogP contribution in [0.1, 0.15) is 77.8 Å². The second-order valence-electron chi connectivity index (χ2n) is 17.3. The zero-order chi connectivity index (χ0) is 37.5. The zero-order valence-electron chi connectivity index (χ0n) is 31.3. The number of likely N-dealkylation sites (tertiary alicyclic amines) is 2. The van der Waals surface area contributed by atoms with Gasteiger partial charge in [-0.3, -0.25) is 24.0 Å². The van der Waals surface area contributed by atoms with Gasteiger partial charge in [0.1, 0.15) is 18.1 Å². The number of piperidine rings is 2. The van der Waals surface area contributed by atoms with Crippen molar-refractivity contribution in [3.05, 3.63) is 48.0 Å². The molecule has 52 heavy (non-hydrogen) atoms. The number of hydrogen-bond acceptors (Lipinski definition) is 6. The number of carbonyl (C=O) groups excluding carboxylic acids is 6. The van der Waals surface area contributed by atoms with Crippen LogP contribution in [0.15, 0.2) is 36.9 Å². The molecule has 12 nitrogen and oxygen atoms in total. The normalized spacial score (nSPS) is 25.2. The zero-order valence-corrected chi connectivity index (χ0v) is 31.3. The van der Waals surface area contributed by atoms with E-state index in [4.69, 9.17) is 0 Å². The minimum Gasteiger partial charge on any atom is -0.346 e. The number of Topliss-reactive ketones (excluding diaryl/α,β-unsaturated/α-hetero) is 1. The molecule has 6 rings (SSSR count). The number of nitrogens with one attached hydrogen (secondary N) is 4. The van der Waals surface area contributed by atoms with E-state index in [0.717, 1.165) is 36.8 Å². The van der Waals surface area contributed by atoms with Crippen molar-refractivity contribution in [2.45, 2.75) is 104 Å². The lowest BCUT2D eigenvalue weighted by Gasteiger charge is -2.38. The number of amides is 6. The number of benzene rings is 1. The standard InChI is InChI=1S/C40H56N6O6/c1-7-17-41-36(50)34(48)31(23-15-16-23)43-35(49)33-30-27(40(30,5)6)21-46(33)37(51)32(26-19-24-12-8-9-13-25(24)20-26)44-38(52)42-28(39(2,3)4)22-45-18-11-10-14-29(45)47/h7-9,12-13,23,26-28,30-33H,1,10-11,14-22H2,2-6H3,(H,41,50)(H,43,49)(H2,42,44,52)/t27-,28+,30-,31?,32-,33-/m0/s1. The third kappa shape index (κ3) is 7.76. The minimum absolute atomic E-state index is 0.0840. The third-order valence-electron chi connectivity index (χ3n) is 12.3. The van der Waals surface area contributed by atoms with Crippen LogP contribution in [0.4, 0.5) is 4.79 Å². The van der Waals surface area contributed by atoms with Crippen LogP contribution in [0.25, 0.3) is 0 Å². The summed E-state index contributed by atoms with van der Waals surface area (Å²) in [6.45, 7) is 15.4. The molecule has 0 aromatic heterocycles. The Bertz CT molecular complexity index is 1590. The molecule has 1 unspecified atom stereocenters. The number of rotatable bonds is 13. The van der Waals surface area contributed by atoms with Crippen molar-refractivity contribution in [2.24, 2.45) is 34.5 Å². The Kier molecular flexibility index (Phi) is 10.6. The van der Waals surface area contributed by atoms with Crippen LogP contribution in [0.2, 0.25) is 0 Å². The van der Waals surface area contributed by atoms with Crippen molar-refractivity contribution in [3.63, 3.8) is 0 Å². The van der Waals surface area contributed by atoms with Crippen molar-refractivity contribution in [1.29, 1.82) is 0 Å². The summed E-state index contributed by atoms with van der Waals surface area (Å²) in [5, 5.41) is 11.6. The van der Waals surface area contributed by atoms with Gasteiger partial charge in [0.25, 0.3) is 5.91 Å². The van der Waals surface area contributed by atoms with E-state index >= 15 is 0 Å². The highest BCUT2D eigenvalue weighted by molar-refractivity contribution is 6.38. The number of carbonyl (C=O) groups is 6. The first-order chi connectivity index (χ1) is 24.6. The molecular weight excluding hydrogens is 660 g/mol. The van der Waals surface area contributed by atoms with Gasteiger partial charge in [-0.25, -0.2) is 4.79 Å². The Morgan fingerprint density at radius 3 is 2.23 bits per heavy atom. The van der Waals surface area contributed by atoms with Gasteiger partial charge in [0, 0.05) is 32.6 Å². The quantitative estimate of drug-likeness (QED) is 0.182. The molecule has 12 heteroatoms. The molecular formula is C40H56N6O6. The average molecular weight is 717 g/mol. The molecule has 2 saturated heterocycles. The predicted molar refractivity (Wildman–Crippen MR) is 196 cm³/mol. The van der Waals surface area contributed by atoms with E-state index in [1.165, 1.54) is 6.08 Å². The summed E-state index contributed by atoms with van der Waals surface area (Å²) >= 11 is 0. The molecule has 2 aliphatic heterocycles. The van der Waals surface area contributed by atoms with Crippen molar-refractivity contribution in [2.75, 3.05) is 26.2 Å². The Morgan fingerprint density at radius 1 is 0.962 bits per heavy atom. The number of urea groups is 1. The topological polar surface area (TPSA) is 157 Å². The van der Waals surface area contributed by atoms with Crippen LogP contribution in [0.3, 0.4) is 0 Å². The van der Waals surface area contributed by atoms with Gasteiger partial charge in [-0.15, -0.1) is 6.58 Å². The summed E-state index contributed by atoms with van der Waals surface area (Å²) in [7, 11) is 0. The van der Waals surface area contributed by atoms with Gasteiger partial charge < -0.3 is 31.1 Å². The smallest absolute Gasteiger partial charge is 0.315 e. The molecule has 5 aliphatic rings. The SMILES string of the molecule is C=CCNC(=O)C(=O)C(NC(=O)[C@@H]1[C@@H]2[C@H](CN1C(=O)[C@@H](NC(=O)N[C@H](CN1CCCCC1=O)C(C)(C)C)C1Cc3ccccc3C1)C2(C)C)C1CC1. The maximum absolute atomic E-state index is 14.9. The van der Waals surface area contributed by atoms with Crippen LogP contribution < -0.4 is 21.3 Å². The lowest BCUT2D eigenvalue weighted by atomic mass is 9.86. The Labute approximate surface area is 307 Å². The van der Waals surface area contributed by atoms with Gasteiger partial charge in [-0.1, -0.05) is 65.0 Å². The molecule has 4 fully saturated rings. The fourth-order valence-corrected chi connectivity index (χ4v) is 8.81. The van der Waals surface area contributed by atoms with Crippen LogP contribution in [-0.4, -0.2) is 95.6 Å². The molecule has 6 atom stereocenters. The molecule has 0 spiro atoms. The highest BCUT2D eigenvalue weighted by atomic mass is 16.2. The number of hydrogen-bond donors (Lipinski definition) is 4. The van der Waals surface area contributed by atoms with Gasteiger partial charge in [0.05, 0.1) is 6.04 Å². The second-order valence-corrected chi connectivity index (χ2v) is 17.3. The van der Waals surface area contributed by atoms with Gasteiger partial charge in [0.15, 0.2) is 0 Å². The van der Waals surface area contributed by atoms with E-state index in [0.29, 0.717) is 38.9 Å². The predicted octanol–water partition coefficient (Wildman–Crippen LogP) is 2.75. The van der Waals surface area contributed by atoms with E-state index in [1.54, 1.807) is 4.90 Å². The van der Waals surface area contributed by atoms with Crippen molar-refractivity contribution in [3.8, 4) is 0 Å². The van der Waals surface area contributed by atoms with Crippen LogP contribution in [0.5, 0.6) is 0 Å². The number of ketones is 1. The summed E-state index contributed by atoms with van der Waals surface area (Å²) in [4.78, 5) is 85.0. The van der Waals surface area contributed by atoms with E-state index < -0.39 is 41.8 Å². The van der Waals surface area contributed by atoms with Gasteiger partial charge >= 0.3 is 6.03 Å². The van der Waals surface area contributed by atoms with Crippen LogP contribution in [0, 0.1) is 34.5 Å². The minimum atomic E-state index is -0.972.